The van der Waals surface area contributed by atoms with E-state index in [2.05, 4.69) is 9.73 Å². The number of halogens is 1. The molecule has 3 nitrogen and oxygen atoms in total. The molecular weight excluding hydrogens is 262 g/mol. The first-order valence-corrected chi connectivity index (χ1v) is 6.05. The number of hydrogen-bond donors (Lipinski definition) is 0. The molecule has 0 aromatic heterocycles. The third-order valence-corrected chi connectivity index (χ3v) is 2.77. The zero-order chi connectivity index (χ0) is 13.7. The molecule has 0 N–H and O–H groups in total. The number of hydrogen-bond acceptors (Lipinski definition) is 3. The normalized spacial score (nSPS) is 10.6. The average molecular weight is 274 g/mol. The lowest BCUT2D eigenvalue weighted by atomic mass is 10.2. The van der Waals surface area contributed by atoms with Crippen LogP contribution < -0.4 is 0 Å². The van der Waals surface area contributed by atoms with Gasteiger partial charge >= 0.3 is 5.97 Å². The Morgan fingerprint density at radius 3 is 2.32 bits per heavy atom. The highest BCUT2D eigenvalue weighted by molar-refractivity contribution is 6.30. The van der Waals surface area contributed by atoms with Gasteiger partial charge in [-0.2, -0.15) is 0 Å². The van der Waals surface area contributed by atoms with Crippen molar-refractivity contribution in [2.75, 3.05) is 7.11 Å². The smallest absolute Gasteiger partial charge is 0.337 e. The van der Waals surface area contributed by atoms with E-state index in [4.69, 9.17) is 11.6 Å². The van der Waals surface area contributed by atoms with Crippen molar-refractivity contribution in [3.63, 3.8) is 0 Å². The predicted octanol–water partition coefficient (Wildman–Crippen LogP) is 3.88. The van der Waals surface area contributed by atoms with Crippen molar-refractivity contribution in [1.82, 2.24) is 0 Å². The molecule has 0 aliphatic heterocycles. The van der Waals surface area contributed by atoms with Gasteiger partial charge in [-0.1, -0.05) is 23.7 Å². The van der Waals surface area contributed by atoms with Crippen LogP contribution in [0.1, 0.15) is 15.9 Å². The fourth-order valence-corrected chi connectivity index (χ4v) is 1.63. The quantitative estimate of drug-likeness (QED) is 0.629. The molecule has 0 saturated carbocycles. The summed E-state index contributed by atoms with van der Waals surface area (Å²) in [4.78, 5) is 15.6. The standard InChI is InChI=1S/C15H12ClNO2/c1-19-15(18)12-4-8-14(9-5-12)17-10-11-2-6-13(16)7-3-11/h2-10H,1H3/b17-10+. The molecule has 4 heteroatoms. The number of nitrogens with zero attached hydrogens (tertiary/aromatic N) is 1. The second kappa shape index (κ2) is 6.16. The maximum absolute atomic E-state index is 11.3. The number of aliphatic imine (C=N–C) groups is 1. The Hall–Kier alpha value is -2.13. The van der Waals surface area contributed by atoms with Gasteiger partial charge in [-0.05, 0) is 42.0 Å². The van der Waals surface area contributed by atoms with Crippen LogP contribution in [0.15, 0.2) is 53.5 Å². The molecule has 0 heterocycles. The Morgan fingerprint density at radius 2 is 1.74 bits per heavy atom. The highest BCUT2D eigenvalue weighted by Gasteiger charge is 2.03. The van der Waals surface area contributed by atoms with E-state index in [0.717, 1.165) is 11.3 Å². The molecule has 0 aliphatic rings. The third-order valence-electron chi connectivity index (χ3n) is 2.52. The maximum atomic E-state index is 11.3. The third kappa shape index (κ3) is 3.66. The summed E-state index contributed by atoms with van der Waals surface area (Å²) in [5.74, 6) is -0.353. The van der Waals surface area contributed by atoms with Gasteiger partial charge in [0.25, 0.3) is 0 Å². The number of rotatable bonds is 3. The highest BCUT2D eigenvalue weighted by atomic mass is 35.5. The number of ether oxygens (including phenoxy) is 1. The molecule has 0 saturated heterocycles. The van der Waals surface area contributed by atoms with Crippen molar-refractivity contribution in [1.29, 1.82) is 0 Å². The molecule has 0 radical (unpaired) electrons. The summed E-state index contributed by atoms with van der Waals surface area (Å²) in [6.45, 7) is 0. The summed E-state index contributed by atoms with van der Waals surface area (Å²) in [5.41, 5.74) is 2.23. The molecule has 0 atom stereocenters. The van der Waals surface area contributed by atoms with E-state index in [1.54, 1.807) is 30.5 Å². The molecule has 0 aliphatic carbocycles. The number of carbonyl (C=O) groups is 1. The number of esters is 1. The van der Waals surface area contributed by atoms with Gasteiger partial charge in [-0.25, -0.2) is 4.79 Å². The Balaban J connectivity index is 2.11. The van der Waals surface area contributed by atoms with Crippen molar-refractivity contribution in [2.24, 2.45) is 4.99 Å². The van der Waals surface area contributed by atoms with Crippen LogP contribution in [0.2, 0.25) is 5.02 Å². The summed E-state index contributed by atoms with van der Waals surface area (Å²) in [5, 5.41) is 0.694. The first-order valence-electron chi connectivity index (χ1n) is 5.67. The zero-order valence-electron chi connectivity index (χ0n) is 10.3. The van der Waals surface area contributed by atoms with Gasteiger partial charge in [0.05, 0.1) is 18.4 Å². The van der Waals surface area contributed by atoms with E-state index in [1.165, 1.54) is 7.11 Å². The number of methoxy groups -OCH3 is 1. The van der Waals surface area contributed by atoms with Crippen molar-refractivity contribution in [2.45, 2.75) is 0 Å². The van der Waals surface area contributed by atoms with Crippen molar-refractivity contribution >= 4 is 29.5 Å². The van der Waals surface area contributed by atoms with Gasteiger partial charge in [0.15, 0.2) is 0 Å². The monoisotopic (exact) mass is 273 g/mol. The molecule has 0 fully saturated rings. The maximum Gasteiger partial charge on any atom is 0.337 e. The number of benzene rings is 2. The minimum atomic E-state index is -0.353. The van der Waals surface area contributed by atoms with E-state index >= 15 is 0 Å². The topological polar surface area (TPSA) is 38.7 Å². The minimum absolute atomic E-state index is 0.353. The first kappa shape index (κ1) is 13.3. The van der Waals surface area contributed by atoms with Gasteiger partial charge in [0, 0.05) is 11.2 Å². The summed E-state index contributed by atoms with van der Waals surface area (Å²) >= 11 is 5.80. The molecule has 0 spiro atoms. The Morgan fingerprint density at radius 1 is 1.11 bits per heavy atom. The summed E-state index contributed by atoms with van der Waals surface area (Å²) < 4.78 is 4.63. The SMILES string of the molecule is COC(=O)c1ccc(/N=C/c2ccc(Cl)cc2)cc1. The van der Waals surface area contributed by atoms with E-state index in [0.29, 0.717) is 10.6 Å². The lowest BCUT2D eigenvalue weighted by molar-refractivity contribution is 0.0601. The molecule has 0 unspecified atom stereocenters. The summed E-state index contributed by atoms with van der Waals surface area (Å²) in [6, 6.07) is 14.3. The van der Waals surface area contributed by atoms with Gasteiger partial charge in [0.2, 0.25) is 0 Å². The second-order valence-electron chi connectivity index (χ2n) is 3.85. The number of carbonyl (C=O) groups excluding carboxylic acids is 1. The van der Waals surface area contributed by atoms with Crippen LogP contribution in [-0.2, 0) is 4.74 Å². The van der Waals surface area contributed by atoms with Crippen molar-refractivity contribution < 1.29 is 9.53 Å². The molecule has 19 heavy (non-hydrogen) atoms. The van der Waals surface area contributed by atoms with Crippen LogP contribution in [0.4, 0.5) is 5.69 Å². The molecule has 0 amide bonds. The van der Waals surface area contributed by atoms with Crippen LogP contribution in [0.25, 0.3) is 0 Å². The van der Waals surface area contributed by atoms with Crippen LogP contribution >= 0.6 is 11.6 Å². The predicted molar refractivity (Wildman–Crippen MR) is 76.5 cm³/mol. The summed E-state index contributed by atoms with van der Waals surface area (Å²) in [7, 11) is 1.36. The first-order chi connectivity index (χ1) is 9.19. The van der Waals surface area contributed by atoms with E-state index in [1.807, 2.05) is 24.3 Å². The second-order valence-corrected chi connectivity index (χ2v) is 4.28. The van der Waals surface area contributed by atoms with Gasteiger partial charge in [-0.15, -0.1) is 0 Å². The lowest BCUT2D eigenvalue weighted by Gasteiger charge is -1.99. The summed E-state index contributed by atoms with van der Waals surface area (Å²) in [6.07, 6.45) is 1.74. The Labute approximate surface area is 116 Å². The lowest BCUT2D eigenvalue weighted by Crippen LogP contribution is -1.99. The largest absolute Gasteiger partial charge is 0.465 e. The van der Waals surface area contributed by atoms with Gasteiger partial charge in [-0.3, -0.25) is 4.99 Å². The molecule has 2 aromatic rings. The molecule has 2 rings (SSSR count). The van der Waals surface area contributed by atoms with E-state index in [9.17, 15) is 4.79 Å². The molecule has 96 valence electrons. The van der Waals surface area contributed by atoms with Crippen molar-refractivity contribution in [3.8, 4) is 0 Å². The van der Waals surface area contributed by atoms with Gasteiger partial charge in [0.1, 0.15) is 0 Å². The zero-order valence-corrected chi connectivity index (χ0v) is 11.1. The van der Waals surface area contributed by atoms with Crippen molar-refractivity contribution in [3.05, 3.63) is 64.7 Å². The Kier molecular flexibility index (Phi) is 4.31. The van der Waals surface area contributed by atoms with Crippen LogP contribution in [0.5, 0.6) is 0 Å². The fraction of sp³-hybridized carbons (Fsp3) is 0.0667. The van der Waals surface area contributed by atoms with E-state index in [-0.39, 0.29) is 5.97 Å². The molecular formula is C15H12ClNO2. The van der Waals surface area contributed by atoms with Gasteiger partial charge < -0.3 is 4.74 Å². The Bertz CT molecular complexity index is 589. The average Bonchev–Trinajstić information content (AvgIpc) is 2.46. The van der Waals surface area contributed by atoms with Crippen LogP contribution in [0.3, 0.4) is 0 Å². The molecule has 2 aromatic carbocycles. The van der Waals surface area contributed by atoms with Crippen LogP contribution in [0, 0.1) is 0 Å². The minimum Gasteiger partial charge on any atom is -0.465 e. The van der Waals surface area contributed by atoms with E-state index < -0.39 is 0 Å². The fourth-order valence-electron chi connectivity index (χ4n) is 1.50. The molecule has 0 bridgehead atoms. The highest BCUT2D eigenvalue weighted by Crippen LogP contribution is 2.14. The van der Waals surface area contributed by atoms with Crippen LogP contribution in [-0.4, -0.2) is 19.3 Å².